The van der Waals surface area contributed by atoms with E-state index >= 15 is 0 Å². The molecule has 1 aromatic heterocycles. The van der Waals surface area contributed by atoms with E-state index in [-0.39, 0.29) is 11.9 Å². The molecule has 8 nitrogen and oxygen atoms in total. The number of rotatable bonds is 7. The van der Waals surface area contributed by atoms with Crippen molar-refractivity contribution in [3.05, 3.63) is 18.0 Å². The molecular formula is C17H31N7O. The number of carbonyl (C=O) groups excluding carboxylic acids is 1. The molecule has 2 rings (SSSR count). The van der Waals surface area contributed by atoms with Gasteiger partial charge >= 0.3 is 0 Å². The van der Waals surface area contributed by atoms with Crippen molar-refractivity contribution in [1.82, 2.24) is 30.2 Å². The van der Waals surface area contributed by atoms with Gasteiger partial charge in [-0.3, -0.25) is 19.4 Å². The molecule has 1 amide bonds. The number of guanidine groups is 1. The zero-order chi connectivity index (χ0) is 18.2. The van der Waals surface area contributed by atoms with Gasteiger partial charge in [-0.1, -0.05) is 0 Å². The Morgan fingerprint density at radius 2 is 2.24 bits per heavy atom. The summed E-state index contributed by atoms with van der Waals surface area (Å²) in [5, 5.41) is 10.8. The van der Waals surface area contributed by atoms with Crippen LogP contribution in [-0.4, -0.2) is 78.3 Å². The van der Waals surface area contributed by atoms with E-state index < -0.39 is 0 Å². The predicted molar refractivity (Wildman–Crippen MR) is 99.3 cm³/mol. The van der Waals surface area contributed by atoms with Gasteiger partial charge in [0.2, 0.25) is 5.91 Å². The standard InChI is InChI=1S/C17H31N7O/c1-18-17(20-13-14-8-10-21-23(14)4)19-9-6-12-24-11-5-7-15(24)16(25)22(2)3/h8,10,15H,5-7,9,11-13H2,1-4H3,(H2,18,19,20). The zero-order valence-electron chi connectivity index (χ0n) is 15.8. The number of aryl methyl sites for hydroxylation is 1. The van der Waals surface area contributed by atoms with Gasteiger partial charge in [-0.05, 0) is 31.9 Å². The van der Waals surface area contributed by atoms with Gasteiger partial charge < -0.3 is 15.5 Å². The topological polar surface area (TPSA) is 77.8 Å². The molecule has 1 saturated heterocycles. The van der Waals surface area contributed by atoms with Crippen molar-refractivity contribution in [3.63, 3.8) is 0 Å². The summed E-state index contributed by atoms with van der Waals surface area (Å²) >= 11 is 0. The van der Waals surface area contributed by atoms with Crippen LogP contribution < -0.4 is 10.6 Å². The quantitative estimate of drug-likeness (QED) is 0.412. The minimum Gasteiger partial charge on any atom is -0.356 e. The molecule has 2 heterocycles. The maximum atomic E-state index is 12.2. The van der Waals surface area contributed by atoms with Crippen molar-refractivity contribution in [2.45, 2.75) is 31.8 Å². The van der Waals surface area contributed by atoms with Crippen molar-refractivity contribution < 1.29 is 4.79 Å². The predicted octanol–water partition coefficient (Wildman–Crippen LogP) is 0.0278. The first kappa shape index (κ1) is 19.2. The minimum atomic E-state index is 0.0530. The van der Waals surface area contributed by atoms with E-state index in [9.17, 15) is 4.79 Å². The number of aromatic nitrogens is 2. The molecule has 0 bridgehead atoms. The van der Waals surface area contributed by atoms with Crippen molar-refractivity contribution >= 4 is 11.9 Å². The molecule has 25 heavy (non-hydrogen) atoms. The summed E-state index contributed by atoms with van der Waals surface area (Å²) in [5.41, 5.74) is 1.10. The van der Waals surface area contributed by atoms with Gasteiger partial charge in [0.1, 0.15) is 0 Å². The Morgan fingerprint density at radius 1 is 1.44 bits per heavy atom. The van der Waals surface area contributed by atoms with Crippen LogP contribution in [0.2, 0.25) is 0 Å². The Balaban J connectivity index is 1.69. The zero-order valence-corrected chi connectivity index (χ0v) is 15.8. The molecule has 1 aromatic rings. The molecular weight excluding hydrogens is 318 g/mol. The Labute approximate surface area is 150 Å². The lowest BCUT2D eigenvalue weighted by Crippen LogP contribution is -2.44. The highest BCUT2D eigenvalue weighted by molar-refractivity contribution is 5.81. The number of aliphatic imine (C=N–C) groups is 1. The molecule has 1 aliphatic rings. The molecule has 8 heteroatoms. The SMILES string of the molecule is CN=C(NCCCN1CCCC1C(=O)N(C)C)NCc1ccnn1C. The molecule has 1 aliphatic heterocycles. The second-order valence-corrected chi connectivity index (χ2v) is 6.58. The molecule has 0 spiro atoms. The van der Waals surface area contributed by atoms with Crippen LogP contribution in [0.4, 0.5) is 0 Å². The molecule has 1 atom stereocenters. The van der Waals surface area contributed by atoms with Crippen LogP contribution in [0, 0.1) is 0 Å². The Hall–Kier alpha value is -2.09. The number of likely N-dealkylation sites (N-methyl/N-ethyl adjacent to an activating group) is 1. The van der Waals surface area contributed by atoms with Gasteiger partial charge in [0, 0.05) is 47.5 Å². The fourth-order valence-electron chi connectivity index (χ4n) is 3.13. The molecule has 2 N–H and O–H groups in total. The fourth-order valence-corrected chi connectivity index (χ4v) is 3.13. The number of carbonyl (C=O) groups is 1. The number of nitrogens with one attached hydrogen (secondary N) is 2. The lowest BCUT2D eigenvalue weighted by Gasteiger charge is -2.26. The average molecular weight is 349 g/mol. The summed E-state index contributed by atoms with van der Waals surface area (Å²) in [6.07, 6.45) is 4.84. The van der Waals surface area contributed by atoms with Gasteiger partial charge in [-0.15, -0.1) is 0 Å². The molecule has 0 aliphatic carbocycles. The first-order valence-corrected chi connectivity index (χ1v) is 8.89. The largest absolute Gasteiger partial charge is 0.356 e. The molecule has 140 valence electrons. The van der Waals surface area contributed by atoms with Crippen LogP contribution in [0.1, 0.15) is 25.0 Å². The molecule has 0 aromatic carbocycles. The second-order valence-electron chi connectivity index (χ2n) is 6.58. The van der Waals surface area contributed by atoms with Gasteiger partial charge in [0.05, 0.1) is 18.3 Å². The summed E-state index contributed by atoms with van der Waals surface area (Å²) in [6, 6.07) is 2.03. The Morgan fingerprint density at radius 3 is 2.88 bits per heavy atom. The van der Waals surface area contributed by atoms with Crippen LogP contribution in [0.5, 0.6) is 0 Å². The fraction of sp³-hybridized carbons (Fsp3) is 0.706. The third-order valence-electron chi connectivity index (χ3n) is 4.59. The van der Waals surface area contributed by atoms with Gasteiger partial charge in [-0.2, -0.15) is 5.10 Å². The Bertz CT molecular complexity index is 581. The van der Waals surface area contributed by atoms with Crippen molar-refractivity contribution in [3.8, 4) is 0 Å². The van der Waals surface area contributed by atoms with Crippen LogP contribution in [-0.2, 0) is 18.4 Å². The summed E-state index contributed by atoms with van der Waals surface area (Å²) in [6.45, 7) is 3.44. The average Bonchev–Trinajstić information content (AvgIpc) is 3.22. The van der Waals surface area contributed by atoms with Crippen LogP contribution in [0.25, 0.3) is 0 Å². The van der Waals surface area contributed by atoms with E-state index in [2.05, 4.69) is 25.6 Å². The van der Waals surface area contributed by atoms with Gasteiger partial charge in [0.25, 0.3) is 0 Å². The lowest BCUT2D eigenvalue weighted by atomic mass is 10.2. The smallest absolute Gasteiger partial charge is 0.239 e. The molecule has 1 fully saturated rings. The highest BCUT2D eigenvalue weighted by Gasteiger charge is 2.30. The first-order chi connectivity index (χ1) is 12.0. The molecule has 0 radical (unpaired) electrons. The maximum absolute atomic E-state index is 12.2. The lowest BCUT2D eigenvalue weighted by molar-refractivity contribution is -0.133. The highest BCUT2D eigenvalue weighted by atomic mass is 16.2. The van der Waals surface area contributed by atoms with Crippen molar-refractivity contribution in [2.75, 3.05) is 40.8 Å². The van der Waals surface area contributed by atoms with Crippen LogP contribution in [0.15, 0.2) is 17.3 Å². The summed E-state index contributed by atoms with van der Waals surface area (Å²) < 4.78 is 1.84. The molecule has 1 unspecified atom stereocenters. The number of hydrogen-bond acceptors (Lipinski definition) is 4. The molecule has 0 saturated carbocycles. The van der Waals surface area contributed by atoms with E-state index in [0.717, 1.165) is 50.6 Å². The van der Waals surface area contributed by atoms with E-state index in [4.69, 9.17) is 0 Å². The van der Waals surface area contributed by atoms with Gasteiger partial charge in [0.15, 0.2) is 5.96 Å². The normalized spacial score (nSPS) is 18.4. The third-order valence-corrected chi connectivity index (χ3v) is 4.59. The Kier molecular flexibility index (Phi) is 7.24. The van der Waals surface area contributed by atoms with E-state index in [1.54, 1.807) is 18.1 Å². The highest BCUT2D eigenvalue weighted by Crippen LogP contribution is 2.18. The second kappa shape index (κ2) is 9.41. The van der Waals surface area contributed by atoms with Crippen LogP contribution >= 0.6 is 0 Å². The van der Waals surface area contributed by atoms with E-state index in [0.29, 0.717) is 6.54 Å². The minimum absolute atomic E-state index is 0.0530. The number of hydrogen-bond donors (Lipinski definition) is 2. The van der Waals surface area contributed by atoms with Crippen molar-refractivity contribution in [2.24, 2.45) is 12.0 Å². The number of amides is 1. The van der Waals surface area contributed by atoms with E-state index in [1.807, 2.05) is 31.9 Å². The van der Waals surface area contributed by atoms with Crippen molar-refractivity contribution in [1.29, 1.82) is 0 Å². The summed E-state index contributed by atoms with van der Waals surface area (Å²) in [7, 11) is 7.36. The number of nitrogens with zero attached hydrogens (tertiary/aromatic N) is 5. The number of likely N-dealkylation sites (tertiary alicyclic amines) is 1. The van der Waals surface area contributed by atoms with Crippen LogP contribution in [0.3, 0.4) is 0 Å². The monoisotopic (exact) mass is 349 g/mol. The summed E-state index contributed by atoms with van der Waals surface area (Å²) in [5.74, 6) is 1.00. The maximum Gasteiger partial charge on any atom is 0.239 e. The van der Waals surface area contributed by atoms with E-state index in [1.165, 1.54) is 0 Å². The third kappa shape index (κ3) is 5.45. The van der Waals surface area contributed by atoms with Gasteiger partial charge in [-0.25, -0.2) is 0 Å². The first-order valence-electron chi connectivity index (χ1n) is 8.89. The summed E-state index contributed by atoms with van der Waals surface area (Å²) in [4.78, 5) is 20.4.